The second kappa shape index (κ2) is 8.16. The predicted molar refractivity (Wildman–Crippen MR) is 116 cm³/mol. The van der Waals surface area contributed by atoms with Crippen LogP contribution in [0.5, 0.6) is 0 Å². The molecule has 0 saturated carbocycles. The van der Waals surface area contributed by atoms with E-state index in [0.717, 1.165) is 16.7 Å². The molecule has 2 saturated heterocycles. The van der Waals surface area contributed by atoms with Crippen molar-refractivity contribution in [2.75, 3.05) is 19.7 Å². The molecule has 2 amide bonds. The molecule has 3 aromatic rings. The molecule has 0 unspecified atom stereocenters. The van der Waals surface area contributed by atoms with Gasteiger partial charge in [-0.25, -0.2) is 4.39 Å². The lowest BCUT2D eigenvalue weighted by molar-refractivity contribution is -0.159. The van der Waals surface area contributed by atoms with Gasteiger partial charge in [-0.3, -0.25) is 14.6 Å². The Morgan fingerprint density at radius 2 is 1.91 bits per heavy atom. The number of aliphatic hydroxyl groups is 1. The first-order valence-corrected chi connectivity index (χ1v) is 10.5. The number of hydrogen-bond acceptors (Lipinski definition) is 4. The Kier molecular flexibility index (Phi) is 5.19. The van der Waals surface area contributed by atoms with Crippen molar-refractivity contribution < 1.29 is 19.1 Å². The van der Waals surface area contributed by atoms with Gasteiger partial charge in [-0.15, -0.1) is 0 Å². The molecule has 3 heterocycles. The minimum Gasteiger partial charge on any atom is -0.394 e. The molecule has 6 nitrogen and oxygen atoms in total. The molecule has 0 bridgehead atoms. The van der Waals surface area contributed by atoms with E-state index in [2.05, 4.69) is 4.98 Å². The van der Waals surface area contributed by atoms with Gasteiger partial charge in [0, 0.05) is 30.4 Å². The summed E-state index contributed by atoms with van der Waals surface area (Å²) in [4.78, 5) is 33.0. The summed E-state index contributed by atoms with van der Waals surface area (Å²) in [6.07, 6.45) is 3.52. The van der Waals surface area contributed by atoms with E-state index < -0.39 is 5.82 Å². The number of amides is 2. The zero-order chi connectivity index (χ0) is 22.2. The number of nitrogens with zero attached hydrogens (tertiary/aromatic N) is 3. The Morgan fingerprint density at radius 1 is 1.09 bits per heavy atom. The highest BCUT2D eigenvalue weighted by Crippen LogP contribution is 2.43. The van der Waals surface area contributed by atoms with E-state index in [1.165, 1.54) is 23.1 Å². The smallest absolute Gasteiger partial charge is 0.254 e. The fourth-order valence-corrected chi connectivity index (χ4v) is 4.89. The van der Waals surface area contributed by atoms with Crippen LogP contribution in [0.2, 0.25) is 0 Å². The molecule has 1 aromatic heterocycles. The van der Waals surface area contributed by atoms with Gasteiger partial charge in [0.05, 0.1) is 18.7 Å². The molecule has 2 aliphatic rings. The molecular formula is C25H22FN3O3. The molecule has 32 heavy (non-hydrogen) atoms. The van der Waals surface area contributed by atoms with E-state index in [1.807, 2.05) is 36.4 Å². The predicted octanol–water partition coefficient (Wildman–Crippen LogP) is 2.70. The fourth-order valence-electron chi connectivity index (χ4n) is 4.89. The second-order valence-corrected chi connectivity index (χ2v) is 8.20. The number of pyridine rings is 1. The van der Waals surface area contributed by atoms with E-state index in [4.69, 9.17) is 0 Å². The molecular weight excluding hydrogens is 409 g/mol. The number of aromatic nitrogens is 1. The van der Waals surface area contributed by atoms with Gasteiger partial charge in [0.25, 0.3) is 5.91 Å². The highest BCUT2D eigenvalue weighted by Gasteiger charge is 2.54. The van der Waals surface area contributed by atoms with E-state index in [0.29, 0.717) is 6.54 Å². The number of benzene rings is 2. The molecule has 162 valence electrons. The molecule has 0 aliphatic carbocycles. The Labute approximate surface area is 184 Å². The third-order valence-electron chi connectivity index (χ3n) is 6.40. The van der Waals surface area contributed by atoms with Crippen LogP contribution in [0.1, 0.15) is 21.8 Å². The summed E-state index contributed by atoms with van der Waals surface area (Å²) in [5, 5.41) is 9.97. The van der Waals surface area contributed by atoms with Crippen molar-refractivity contribution in [3.8, 4) is 11.1 Å². The van der Waals surface area contributed by atoms with Gasteiger partial charge >= 0.3 is 0 Å². The van der Waals surface area contributed by atoms with Crippen LogP contribution in [0.3, 0.4) is 0 Å². The van der Waals surface area contributed by atoms with Gasteiger partial charge in [-0.2, -0.15) is 0 Å². The van der Waals surface area contributed by atoms with Gasteiger partial charge < -0.3 is 14.9 Å². The van der Waals surface area contributed by atoms with Gasteiger partial charge in [0.15, 0.2) is 0 Å². The van der Waals surface area contributed by atoms with Crippen molar-refractivity contribution in [2.24, 2.45) is 0 Å². The quantitative estimate of drug-likeness (QED) is 0.690. The number of halogens is 1. The monoisotopic (exact) mass is 431 g/mol. The molecule has 3 atom stereocenters. The lowest BCUT2D eigenvalue weighted by atomic mass is 9.73. The maximum Gasteiger partial charge on any atom is 0.254 e. The molecule has 5 rings (SSSR count). The number of aliphatic hydroxyl groups excluding tert-OH is 1. The molecule has 2 fully saturated rings. The maximum absolute atomic E-state index is 13.6. The van der Waals surface area contributed by atoms with Crippen LogP contribution in [-0.2, 0) is 4.79 Å². The lowest BCUT2D eigenvalue weighted by Crippen LogP contribution is -2.73. The van der Waals surface area contributed by atoms with Crippen molar-refractivity contribution in [1.29, 1.82) is 0 Å². The minimum absolute atomic E-state index is 0.0744. The van der Waals surface area contributed by atoms with Crippen LogP contribution in [-0.4, -0.2) is 63.5 Å². The first-order valence-electron chi connectivity index (χ1n) is 10.5. The van der Waals surface area contributed by atoms with Gasteiger partial charge in [-0.1, -0.05) is 36.4 Å². The standard InChI is InChI=1S/C25H22FN3O3/c26-20-5-1-3-18(11-20)25(32)28-13-21-24(22(15-30)29(21)23(31)14-28)17-8-6-16(7-9-17)19-4-2-10-27-12-19/h1-12,21-22,24,30H,13-15H2/t21-,22+,24-/m1/s1. The maximum atomic E-state index is 13.6. The number of carbonyl (C=O) groups is 2. The zero-order valence-electron chi connectivity index (χ0n) is 17.3. The molecule has 2 aromatic carbocycles. The van der Waals surface area contributed by atoms with E-state index in [-0.39, 0.29) is 48.5 Å². The van der Waals surface area contributed by atoms with Crippen LogP contribution in [0.4, 0.5) is 4.39 Å². The first-order chi connectivity index (χ1) is 15.6. The summed E-state index contributed by atoms with van der Waals surface area (Å²) in [6, 6.07) is 16.8. The zero-order valence-corrected chi connectivity index (χ0v) is 17.3. The SMILES string of the molecule is O=C(c1cccc(F)c1)N1CC(=O)N2[C@H](C1)[C@@H](c1ccc(-c3cccnc3)cc1)[C@@H]2CO. The van der Waals surface area contributed by atoms with E-state index in [9.17, 15) is 19.1 Å². The van der Waals surface area contributed by atoms with Crippen molar-refractivity contribution in [3.63, 3.8) is 0 Å². The van der Waals surface area contributed by atoms with E-state index in [1.54, 1.807) is 23.4 Å². The van der Waals surface area contributed by atoms with Gasteiger partial charge in [0.1, 0.15) is 12.4 Å². The molecule has 0 radical (unpaired) electrons. The fraction of sp³-hybridized carbons (Fsp3) is 0.240. The van der Waals surface area contributed by atoms with Crippen LogP contribution in [0.25, 0.3) is 11.1 Å². The van der Waals surface area contributed by atoms with Gasteiger partial charge in [0.2, 0.25) is 5.91 Å². The molecule has 1 N–H and O–H groups in total. The third kappa shape index (κ3) is 3.44. The summed E-state index contributed by atoms with van der Waals surface area (Å²) >= 11 is 0. The highest BCUT2D eigenvalue weighted by molar-refractivity contribution is 5.97. The number of piperazine rings is 1. The Morgan fingerprint density at radius 3 is 2.59 bits per heavy atom. The lowest BCUT2D eigenvalue weighted by Gasteiger charge is -2.58. The van der Waals surface area contributed by atoms with Crippen LogP contribution in [0.15, 0.2) is 73.1 Å². The van der Waals surface area contributed by atoms with Crippen molar-refractivity contribution in [2.45, 2.75) is 18.0 Å². The number of carbonyl (C=O) groups excluding carboxylic acids is 2. The average molecular weight is 431 g/mol. The molecule has 0 spiro atoms. The first kappa shape index (κ1) is 20.3. The second-order valence-electron chi connectivity index (χ2n) is 8.20. The molecule has 7 heteroatoms. The Balaban J connectivity index is 1.39. The largest absolute Gasteiger partial charge is 0.394 e. The Bertz CT molecular complexity index is 1150. The number of fused-ring (bicyclic) bond motifs is 1. The summed E-state index contributed by atoms with van der Waals surface area (Å²) in [5.74, 6) is -1.14. The van der Waals surface area contributed by atoms with Crippen LogP contribution < -0.4 is 0 Å². The Hall–Kier alpha value is -3.58. The van der Waals surface area contributed by atoms with Crippen molar-refractivity contribution >= 4 is 11.8 Å². The minimum atomic E-state index is -0.489. The topological polar surface area (TPSA) is 73.7 Å². The van der Waals surface area contributed by atoms with Crippen LogP contribution >= 0.6 is 0 Å². The van der Waals surface area contributed by atoms with E-state index >= 15 is 0 Å². The number of rotatable bonds is 4. The summed E-state index contributed by atoms with van der Waals surface area (Å²) < 4.78 is 13.6. The highest BCUT2D eigenvalue weighted by atomic mass is 19.1. The normalized spacial score (nSPS) is 22.3. The summed E-state index contributed by atoms with van der Waals surface area (Å²) in [5.41, 5.74) is 3.27. The number of hydrogen-bond donors (Lipinski definition) is 1. The molecule has 2 aliphatic heterocycles. The van der Waals surface area contributed by atoms with Crippen LogP contribution in [0, 0.1) is 5.82 Å². The summed E-state index contributed by atoms with van der Waals surface area (Å²) in [6.45, 7) is 0.122. The van der Waals surface area contributed by atoms with Crippen molar-refractivity contribution in [1.82, 2.24) is 14.8 Å². The van der Waals surface area contributed by atoms with Gasteiger partial charge in [-0.05, 0) is 41.0 Å². The van der Waals surface area contributed by atoms with Crippen molar-refractivity contribution in [3.05, 3.63) is 90.0 Å². The summed E-state index contributed by atoms with van der Waals surface area (Å²) in [7, 11) is 0. The third-order valence-corrected chi connectivity index (χ3v) is 6.40. The average Bonchev–Trinajstić information content (AvgIpc) is 2.81.